The van der Waals surface area contributed by atoms with Crippen LogP contribution in [0.1, 0.15) is 0 Å². The van der Waals surface area contributed by atoms with E-state index in [0.29, 0.717) is 11.4 Å². The van der Waals surface area contributed by atoms with Crippen molar-refractivity contribution >= 4 is 55.4 Å². The van der Waals surface area contributed by atoms with Crippen molar-refractivity contribution in [1.29, 1.82) is 0 Å². The highest BCUT2D eigenvalue weighted by Crippen LogP contribution is 2.29. The van der Waals surface area contributed by atoms with Crippen molar-refractivity contribution in [2.24, 2.45) is 0 Å². The topological polar surface area (TPSA) is 85.1 Å². The summed E-state index contributed by atoms with van der Waals surface area (Å²) in [6.45, 7) is 0. The van der Waals surface area contributed by atoms with Crippen LogP contribution in [0.4, 0.5) is 10.8 Å². The summed E-state index contributed by atoms with van der Waals surface area (Å²) in [4.78, 5) is 4.30. The van der Waals surface area contributed by atoms with E-state index in [2.05, 4.69) is 9.71 Å². The van der Waals surface area contributed by atoms with Gasteiger partial charge in [-0.25, -0.2) is 13.4 Å². The standard InChI is InChI=1S/C15H11Cl2N3O2S2/c16-12-6-5-11(7-13(12)17)24(21,22)20-15-19-14(8-23-15)9-1-3-10(18)4-2-9/h1-8H,18H2,(H,19,20). The molecule has 0 bridgehead atoms. The number of anilines is 2. The molecular weight excluding hydrogens is 389 g/mol. The number of thiazole rings is 1. The largest absolute Gasteiger partial charge is 0.399 e. The highest BCUT2D eigenvalue weighted by molar-refractivity contribution is 7.93. The summed E-state index contributed by atoms with van der Waals surface area (Å²) < 4.78 is 27.2. The molecule has 0 saturated carbocycles. The summed E-state index contributed by atoms with van der Waals surface area (Å²) in [6.07, 6.45) is 0. The van der Waals surface area contributed by atoms with Gasteiger partial charge in [0.05, 0.1) is 20.6 Å². The van der Waals surface area contributed by atoms with Crippen LogP contribution in [0, 0.1) is 0 Å². The van der Waals surface area contributed by atoms with Crippen molar-refractivity contribution in [2.45, 2.75) is 4.90 Å². The second-order valence-electron chi connectivity index (χ2n) is 4.84. The molecule has 0 spiro atoms. The van der Waals surface area contributed by atoms with E-state index in [0.717, 1.165) is 5.56 Å². The molecule has 1 heterocycles. The molecule has 9 heteroatoms. The van der Waals surface area contributed by atoms with Gasteiger partial charge in [-0.2, -0.15) is 0 Å². The van der Waals surface area contributed by atoms with Crippen LogP contribution in [-0.4, -0.2) is 13.4 Å². The minimum absolute atomic E-state index is 0.0149. The molecule has 0 saturated heterocycles. The van der Waals surface area contributed by atoms with Crippen molar-refractivity contribution in [1.82, 2.24) is 4.98 Å². The Morgan fingerprint density at radius 3 is 2.42 bits per heavy atom. The molecule has 0 fully saturated rings. The second kappa shape index (κ2) is 6.60. The third-order valence-corrected chi connectivity index (χ3v) is 6.10. The summed E-state index contributed by atoms with van der Waals surface area (Å²) in [7, 11) is -3.79. The molecule has 0 aliphatic heterocycles. The Kier molecular flexibility index (Phi) is 4.69. The first-order valence-electron chi connectivity index (χ1n) is 6.64. The second-order valence-corrected chi connectivity index (χ2v) is 8.20. The van der Waals surface area contributed by atoms with Gasteiger partial charge < -0.3 is 5.73 Å². The lowest BCUT2D eigenvalue weighted by Gasteiger charge is -2.06. The van der Waals surface area contributed by atoms with Crippen molar-refractivity contribution in [3.05, 3.63) is 57.9 Å². The van der Waals surface area contributed by atoms with E-state index >= 15 is 0 Å². The molecule has 2 aromatic carbocycles. The Bertz CT molecular complexity index is 986. The Labute approximate surface area is 153 Å². The molecule has 0 aliphatic rings. The van der Waals surface area contributed by atoms with Gasteiger partial charge in [0, 0.05) is 16.6 Å². The van der Waals surface area contributed by atoms with Gasteiger partial charge >= 0.3 is 0 Å². The normalized spacial score (nSPS) is 11.4. The van der Waals surface area contributed by atoms with Gasteiger partial charge in [0.25, 0.3) is 10.0 Å². The molecular formula is C15H11Cl2N3O2S2. The molecule has 24 heavy (non-hydrogen) atoms. The number of nitrogens with two attached hydrogens (primary N) is 1. The van der Waals surface area contributed by atoms with Gasteiger partial charge in [-0.1, -0.05) is 35.3 Å². The van der Waals surface area contributed by atoms with E-state index in [-0.39, 0.29) is 20.1 Å². The van der Waals surface area contributed by atoms with Crippen LogP contribution < -0.4 is 10.5 Å². The fraction of sp³-hybridized carbons (Fsp3) is 0. The first-order valence-corrected chi connectivity index (χ1v) is 9.76. The molecule has 0 radical (unpaired) electrons. The highest BCUT2D eigenvalue weighted by atomic mass is 35.5. The van der Waals surface area contributed by atoms with E-state index in [9.17, 15) is 8.42 Å². The number of nitrogen functional groups attached to an aromatic ring is 1. The maximum atomic E-state index is 12.4. The molecule has 0 aliphatic carbocycles. The number of aromatic nitrogens is 1. The smallest absolute Gasteiger partial charge is 0.263 e. The van der Waals surface area contributed by atoms with Crippen molar-refractivity contribution < 1.29 is 8.42 Å². The average molecular weight is 400 g/mol. The summed E-state index contributed by atoms with van der Waals surface area (Å²) in [5, 5.41) is 2.47. The zero-order chi connectivity index (χ0) is 17.3. The number of hydrogen-bond donors (Lipinski definition) is 2. The van der Waals surface area contributed by atoms with Crippen LogP contribution in [0.5, 0.6) is 0 Å². The molecule has 0 atom stereocenters. The van der Waals surface area contributed by atoms with E-state index < -0.39 is 10.0 Å². The number of halogens is 2. The molecule has 3 rings (SSSR count). The number of sulfonamides is 1. The first-order chi connectivity index (χ1) is 11.3. The van der Waals surface area contributed by atoms with Crippen LogP contribution in [0.2, 0.25) is 10.0 Å². The summed E-state index contributed by atoms with van der Waals surface area (Å²) in [6, 6.07) is 11.3. The predicted molar refractivity (Wildman–Crippen MR) is 99.2 cm³/mol. The van der Waals surface area contributed by atoms with Gasteiger partial charge in [-0.15, -0.1) is 11.3 Å². The lowest BCUT2D eigenvalue weighted by molar-refractivity contribution is 0.601. The molecule has 0 unspecified atom stereocenters. The molecule has 3 aromatic rings. The zero-order valence-corrected chi connectivity index (χ0v) is 15.2. The van der Waals surface area contributed by atoms with Crippen molar-refractivity contribution in [2.75, 3.05) is 10.5 Å². The van der Waals surface area contributed by atoms with Gasteiger partial charge in [-0.3, -0.25) is 4.72 Å². The van der Waals surface area contributed by atoms with Crippen LogP contribution in [0.3, 0.4) is 0 Å². The quantitative estimate of drug-likeness (QED) is 0.632. The number of rotatable bonds is 4. The molecule has 5 nitrogen and oxygen atoms in total. The number of nitrogens with zero attached hydrogens (tertiary/aromatic N) is 1. The molecule has 1 aromatic heterocycles. The maximum Gasteiger partial charge on any atom is 0.263 e. The minimum Gasteiger partial charge on any atom is -0.399 e. The predicted octanol–water partition coefficient (Wildman–Crippen LogP) is 4.50. The Balaban J connectivity index is 1.85. The van der Waals surface area contributed by atoms with Crippen LogP contribution in [0.25, 0.3) is 11.3 Å². The number of hydrogen-bond acceptors (Lipinski definition) is 5. The third kappa shape index (κ3) is 3.64. The SMILES string of the molecule is Nc1ccc(-c2csc(NS(=O)(=O)c3ccc(Cl)c(Cl)c3)n2)cc1. The fourth-order valence-corrected chi connectivity index (χ4v) is 4.29. The molecule has 0 amide bonds. The monoisotopic (exact) mass is 399 g/mol. The lowest BCUT2D eigenvalue weighted by Crippen LogP contribution is -2.12. The summed E-state index contributed by atoms with van der Waals surface area (Å²) in [5.41, 5.74) is 7.81. The van der Waals surface area contributed by atoms with E-state index in [4.69, 9.17) is 28.9 Å². The zero-order valence-electron chi connectivity index (χ0n) is 12.0. The Hall–Kier alpha value is -1.80. The van der Waals surface area contributed by atoms with Crippen LogP contribution in [-0.2, 0) is 10.0 Å². The van der Waals surface area contributed by atoms with Crippen LogP contribution >= 0.6 is 34.5 Å². The molecule has 124 valence electrons. The summed E-state index contributed by atoms with van der Waals surface area (Å²) in [5.74, 6) is 0. The van der Waals surface area contributed by atoms with Gasteiger partial charge in [0.15, 0.2) is 5.13 Å². The van der Waals surface area contributed by atoms with Crippen molar-refractivity contribution in [3.63, 3.8) is 0 Å². The van der Waals surface area contributed by atoms with E-state index in [1.165, 1.54) is 29.5 Å². The highest BCUT2D eigenvalue weighted by Gasteiger charge is 2.17. The third-order valence-electron chi connectivity index (χ3n) is 3.13. The van der Waals surface area contributed by atoms with Gasteiger partial charge in [-0.05, 0) is 30.3 Å². The summed E-state index contributed by atoms with van der Waals surface area (Å²) >= 11 is 12.9. The Morgan fingerprint density at radius 1 is 1.04 bits per heavy atom. The fourth-order valence-electron chi connectivity index (χ4n) is 1.92. The Morgan fingerprint density at radius 2 is 1.75 bits per heavy atom. The van der Waals surface area contributed by atoms with E-state index in [1.807, 2.05) is 12.1 Å². The maximum absolute atomic E-state index is 12.4. The van der Waals surface area contributed by atoms with Crippen molar-refractivity contribution in [3.8, 4) is 11.3 Å². The average Bonchev–Trinajstić information content (AvgIpc) is 2.98. The van der Waals surface area contributed by atoms with Gasteiger partial charge in [0.2, 0.25) is 0 Å². The first kappa shape index (κ1) is 17.0. The number of benzene rings is 2. The lowest BCUT2D eigenvalue weighted by atomic mass is 10.2. The number of nitrogens with one attached hydrogen (secondary N) is 1. The van der Waals surface area contributed by atoms with E-state index in [1.54, 1.807) is 17.5 Å². The van der Waals surface area contributed by atoms with Gasteiger partial charge in [0.1, 0.15) is 0 Å². The van der Waals surface area contributed by atoms with Crippen LogP contribution in [0.15, 0.2) is 52.7 Å². The minimum atomic E-state index is -3.79. The molecule has 3 N–H and O–H groups in total.